The lowest BCUT2D eigenvalue weighted by Crippen LogP contribution is -2.51. The quantitative estimate of drug-likeness (QED) is 0.901. The number of nitrogens with one attached hydrogen (secondary N) is 1. The topological polar surface area (TPSA) is 49.4 Å². The Hall–Kier alpha value is -0.690. The normalized spacial score (nSPS) is 20.9. The number of hydrogen-bond acceptors (Lipinski definition) is 3. The average molecular weight is 309 g/mol. The SMILES string of the molecule is Cc1ccc(S(=O)(=O)N2CCNC(C)C2)cc1F.Cl. The minimum absolute atomic E-state index is 0. The molecule has 1 aromatic carbocycles. The lowest BCUT2D eigenvalue weighted by molar-refractivity contribution is 0.310. The van der Waals surface area contributed by atoms with E-state index in [1.54, 1.807) is 6.92 Å². The van der Waals surface area contributed by atoms with Gasteiger partial charge in [0.05, 0.1) is 4.90 Å². The molecule has 1 fully saturated rings. The van der Waals surface area contributed by atoms with Crippen molar-refractivity contribution in [3.63, 3.8) is 0 Å². The van der Waals surface area contributed by atoms with E-state index < -0.39 is 15.8 Å². The second-order valence-electron chi connectivity index (χ2n) is 4.63. The van der Waals surface area contributed by atoms with Gasteiger partial charge in [-0.15, -0.1) is 12.4 Å². The first-order valence-electron chi connectivity index (χ1n) is 5.91. The van der Waals surface area contributed by atoms with Gasteiger partial charge in [-0.3, -0.25) is 0 Å². The van der Waals surface area contributed by atoms with Crippen LogP contribution in [0.15, 0.2) is 23.1 Å². The fraction of sp³-hybridized carbons (Fsp3) is 0.500. The molecule has 0 spiro atoms. The number of piperazine rings is 1. The maximum Gasteiger partial charge on any atom is 0.243 e. The summed E-state index contributed by atoms with van der Waals surface area (Å²) in [6, 6.07) is 4.16. The van der Waals surface area contributed by atoms with Gasteiger partial charge in [-0.2, -0.15) is 4.31 Å². The third kappa shape index (κ3) is 3.45. The molecule has 4 nitrogen and oxygen atoms in total. The van der Waals surface area contributed by atoms with Crippen molar-refractivity contribution in [2.75, 3.05) is 19.6 Å². The monoisotopic (exact) mass is 308 g/mol. The molecule has 1 aromatic rings. The Balaban J connectivity index is 0.00000180. The smallest absolute Gasteiger partial charge is 0.243 e. The van der Waals surface area contributed by atoms with Crippen LogP contribution >= 0.6 is 12.4 Å². The van der Waals surface area contributed by atoms with Crippen LogP contribution in [0.4, 0.5) is 4.39 Å². The first kappa shape index (κ1) is 16.4. The first-order valence-corrected chi connectivity index (χ1v) is 7.35. The lowest BCUT2D eigenvalue weighted by atomic mass is 10.2. The Morgan fingerprint density at radius 3 is 2.68 bits per heavy atom. The highest BCUT2D eigenvalue weighted by Crippen LogP contribution is 2.19. The molecular formula is C12H18ClFN2O2S. The van der Waals surface area contributed by atoms with Crippen molar-refractivity contribution in [1.29, 1.82) is 0 Å². The molecule has 0 saturated carbocycles. The van der Waals surface area contributed by atoms with Gasteiger partial charge in [-0.05, 0) is 31.5 Å². The van der Waals surface area contributed by atoms with Crippen LogP contribution in [0.25, 0.3) is 0 Å². The molecule has 7 heteroatoms. The van der Waals surface area contributed by atoms with Crippen molar-refractivity contribution < 1.29 is 12.8 Å². The number of rotatable bonds is 2. The zero-order valence-electron chi connectivity index (χ0n) is 10.9. The van der Waals surface area contributed by atoms with Gasteiger partial charge in [0.1, 0.15) is 5.82 Å². The molecule has 1 N–H and O–H groups in total. The van der Waals surface area contributed by atoms with E-state index in [1.807, 2.05) is 6.92 Å². The summed E-state index contributed by atoms with van der Waals surface area (Å²) in [5, 5.41) is 3.18. The van der Waals surface area contributed by atoms with Crippen LogP contribution in [-0.4, -0.2) is 38.4 Å². The van der Waals surface area contributed by atoms with Crippen LogP contribution < -0.4 is 5.32 Å². The number of hydrogen-bond donors (Lipinski definition) is 1. The Kier molecular flexibility index (Phi) is 5.32. The summed E-state index contributed by atoms with van der Waals surface area (Å²) < 4.78 is 39.5. The van der Waals surface area contributed by atoms with E-state index in [4.69, 9.17) is 0 Å². The highest BCUT2D eigenvalue weighted by Gasteiger charge is 2.28. The average Bonchev–Trinajstić information content (AvgIpc) is 2.32. The van der Waals surface area contributed by atoms with Crippen molar-refractivity contribution >= 4 is 22.4 Å². The zero-order chi connectivity index (χ0) is 13.3. The Morgan fingerprint density at radius 2 is 2.11 bits per heavy atom. The molecule has 1 unspecified atom stereocenters. The zero-order valence-corrected chi connectivity index (χ0v) is 12.5. The second kappa shape index (κ2) is 6.17. The highest BCUT2D eigenvalue weighted by molar-refractivity contribution is 7.89. The van der Waals surface area contributed by atoms with Gasteiger partial charge in [0.15, 0.2) is 0 Å². The largest absolute Gasteiger partial charge is 0.312 e. The first-order chi connectivity index (χ1) is 8.41. The molecule has 1 saturated heterocycles. The van der Waals surface area contributed by atoms with Crippen molar-refractivity contribution in [2.45, 2.75) is 24.8 Å². The lowest BCUT2D eigenvalue weighted by Gasteiger charge is -2.31. The van der Waals surface area contributed by atoms with Crippen LogP contribution in [0.1, 0.15) is 12.5 Å². The van der Waals surface area contributed by atoms with Gasteiger partial charge in [0, 0.05) is 25.7 Å². The molecule has 1 aliphatic heterocycles. The number of sulfonamides is 1. The summed E-state index contributed by atoms with van der Waals surface area (Å²) in [5.74, 6) is -0.487. The molecule has 0 amide bonds. The van der Waals surface area contributed by atoms with Gasteiger partial charge >= 0.3 is 0 Å². The molecule has 1 aliphatic rings. The predicted octanol–water partition coefficient (Wildman–Crippen LogP) is 1.54. The van der Waals surface area contributed by atoms with Crippen molar-refractivity contribution in [1.82, 2.24) is 9.62 Å². The van der Waals surface area contributed by atoms with Crippen molar-refractivity contribution in [2.24, 2.45) is 0 Å². The van der Waals surface area contributed by atoms with E-state index in [2.05, 4.69) is 5.32 Å². The third-order valence-corrected chi connectivity index (χ3v) is 4.97. The van der Waals surface area contributed by atoms with Gasteiger partial charge in [0.25, 0.3) is 0 Å². The minimum atomic E-state index is -3.58. The van der Waals surface area contributed by atoms with Crippen LogP contribution in [-0.2, 0) is 10.0 Å². The minimum Gasteiger partial charge on any atom is -0.312 e. The van der Waals surface area contributed by atoms with Gasteiger partial charge in [-0.1, -0.05) is 6.07 Å². The van der Waals surface area contributed by atoms with Crippen molar-refractivity contribution in [3.05, 3.63) is 29.6 Å². The predicted molar refractivity (Wildman–Crippen MR) is 74.6 cm³/mol. The molecule has 0 radical (unpaired) electrons. The molecule has 1 atom stereocenters. The van der Waals surface area contributed by atoms with Gasteiger partial charge < -0.3 is 5.32 Å². The summed E-state index contributed by atoms with van der Waals surface area (Å²) in [6.07, 6.45) is 0. The van der Waals surface area contributed by atoms with Crippen molar-refractivity contribution in [3.8, 4) is 0 Å². The molecular weight excluding hydrogens is 291 g/mol. The highest BCUT2D eigenvalue weighted by atomic mass is 35.5. The van der Waals surface area contributed by atoms with E-state index in [1.165, 1.54) is 16.4 Å². The van der Waals surface area contributed by atoms with E-state index >= 15 is 0 Å². The van der Waals surface area contributed by atoms with E-state index in [9.17, 15) is 12.8 Å². The van der Waals surface area contributed by atoms with Crippen LogP contribution in [0.2, 0.25) is 0 Å². The Morgan fingerprint density at radius 1 is 1.42 bits per heavy atom. The standard InChI is InChI=1S/C12H17FN2O2S.ClH/c1-9-3-4-11(7-12(9)13)18(16,17)15-6-5-14-10(2)8-15;/h3-4,7,10,14H,5-6,8H2,1-2H3;1H. The molecule has 2 rings (SSSR count). The summed E-state index contributed by atoms with van der Waals surface area (Å²) in [4.78, 5) is 0.0275. The number of aryl methyl sites for hydroxylation is 1. The Labute approximate surface area is 119 Å². The van der Waals surface area contributed by atoms with Gasteiger partial charge in [0.2, 0.25) is 10.0 Å². The summed E-state index contributed by atoms with van der Waals surface area (Å²) >= 11 is 0. The Bertz CT molecular complexity index is 551. The molecule has 19 heavy (non-hydrogen) atoms. The third-order valence-electron chi connectivity index (χ3n) is 3.11. The molecule has 108 valence electrons. The fourth-order valence-electron chi connectivity index (χ4n) is 2.00. The second-order valence-corrected chi connectivity index (χ2v) is 6.57. The summed E-state index contributed by atoms with van der Waals surface area (Å²) in [5.41, 5.74) is 0.447. The number of halogens is 2. The summed E-state index contributed by atoms with van der Waals surface area (Å²) in [6.45, 7) is 4.99. The molecule has 0 bridgehead atoms. The number of benzene rings is 1. The van der Waals surface area contributed by atoms with Gasteiger partial charge in [-0.25, -0.2) is 12.8 Å². The molecule has 0 aliphatic carbocycles. The fourth-order valence-corrected chi connectivity index (χ4v) is 3.54. The number of nitrogens with zero attached hydrogens (tertiary/aromatic N) is 1. The van der Waals surface area contributed by atoms with Crippen LogP contribution in [0, 0.1) is 12.7 Å². The van der Waals surface area contributed by atoms with E-state index in [0.717, 1.165) is 6.07 Å². The molecule has 0 aromatic heterocycles. The van der Waals surface area contributed by atoms with E-state index in [-0.39, 0.29) is 23.3 Å². The van der Waals surface area contributed by atoms with E-state index in [0.29, 0.717) is 25.2 Å². The van der Waals surface area contributed by atoms with Crippen LogP contribution in [0.3, 0.4) is 0 Å². The summed E-state index contributed by atoms with van der Waals surface area (Å²) in [7, 11) is -3.58. The van der Waals surface area contributed by atoms with Crippen LogP contribution in [0.5, 0.6) is 0 Å². The maximum atomic E-state index is 13.5. The maximum absolute atomic E-state index is 13.5. The molecule has 1 heterocycles.